The minimum Gasteiger partial charge on any atom is -0.465 e. The van der Waals surface area contributed by atoms with E-state index in [4.69, 9.17) is 11.6 Å². The second-order valence-electron chi connectivity index (χ2n) is 5.75. The first-order valence-electron chi connectivity index (χ1n) is 7.38. The van der Waals surface area contributed by atoms with Crippen LogP contribution in [0.15, 0.2) is 18.2 Å². The number of carbonyl (C=O) groups excluding carboxylic acids is 2. The minimum atomic E-state index is -2.71. The van der Waals surface area contributed by atoms with Crippen molar-refractivity contribution in [3.05, 3.63) is 34.5 Å². The lowest BCUT2D eigenvalue weighted by Gasteiger charge is -2.31. The molecule has 3 rings (SSSR count). The number of benzene rings is 1. The Morgan fingerprint density at radius 2 is 1.92 bits per heavy atom. The summed E-state index contributed by atoms with van der Waals surface area (Å²) in [5.41, 5.74) is 1.03. The molecule has 0 aliphatic carbocycles. The Hall–Kier alpha value is -2.15. The molecule has 8 heteroatoms. The van der Waals surface area contributed by atoms with Gasteiger partial charge >= 0.3 is 5.97 Å². The summed E-state index contributed by atoms with van der Waals surface area (Å²) in [6.07, 6.45) is -0.682. The maximum Gasteiger partial charge on any atom is 0.337 e. The number of ether oxygens (including phenoxy) is 1. The molecule has 1 saturated heterocycles. The van der Waals surface area contributed by atoms with E-state index in [9.17, 15) is 18.4 Å². The highest BCUT2D eigenvalue weighted by Gasteiger charge is 2.36. The van der Waals surface area contributed by atoms with Crippen molar-refractivity contribution in [1.29, 1.82) is 0 Å². The molecule has 0 radical (unpaired) electrons. The van der Waals surface area contributed by atoms with Crippen LogP contribution < -0.4 is 0 Å². The van der Waals surface area contributed by atoms with Gasteiger partial charge in [-0.1, -0.05) is 11.6 Å². The van der Waals surface area contributed by atoms with Crippen LogP contribution in [0.2, 0.25) is 5.02 Å². The number of rotatable bonds is 2. The highest BCUT2D eigenvalue weighted by atomic mass is 35.5. The number of nitrogens with one attached hydrogen (secondary N) is 1. The lowest BCUT2D eigenvalue weighted by molar-refractivity contribution is -0.0495. The van der Waals surface area contributed by atoms with Gasteiger partial charge in [0.2, 0.25) is 0 Å². The van der Waals surface area contributed by atoms with Gasteiger partial charge in [-0.25, -0.2) is 13.6 Å². The summed E-state index contributed by atoms with van der Waals surface area (Å²) >= 11 is 6.14. The van der Waals surface area contributed by atoms with Crippen LogP contribution in [0.25, 0.3) is 10.9 Å². The molecule has 0 unspecified atom stereocenters. The number of aromatic amines is 1. The first kappa shape index (κ1) is 16.7. The Bertz CT molecular complexity index is 809. The third kappa shape index (κ3) is 3.08. The SMILES string of the molecule is COC(=O)c1cc(Cl)c2[nH]c(C(=O)N3CCC(F)(F)CC3)cc2c1. The van der Waals surface area contributed by atoms with E-state index in [0.717, 1.165) is 0 Å². The summed E-state index contributed by atoms with van der Waals surface area (Å²) in [7, 11) is 1.26. The third-order valence-corrected chi connectivity index (χ3v) is 4.41. The molecular formula is C16H15ClF2N2O3. The van der Waals surface area contributed by atoms with Gasteiger partial charge in [-0.15, -0.1) is 0 Å². The largest absolute Gasteiger partial charge is 0.465 e. The fraction of sp³-hybridized carbons (Fsp3) is 0.375. The number of amides is 1. The van der Waals surface area contributed by atoms with Crippen molar-refractivity contribution in [3.8, 4) is 0 Å². The summed E-state index contributed by atoms with van der Waals surface area (Å²) in [4.78, 5) is 28.4. The van der Waals surface area contributed by atoms with Gasteiger partial charge in [-0.05, 0) is 18.2 Å². The zero-order valence-electron chi connectivity index (χ0n) is 12.9. The third-order valence-electron chi connectivity index (χ3n) is 4.11. The number of fused-ring (bicyclic) bond motifs is 1. The molecule has 128 valence electrons. The Morgan fingerprint density at radius 3 is 2.54 bits per heavy atom. The number of esters is 1. The molecule has 0 spiro atoms. The molecule has 1 aromatic heterocycles. The van der Waals surface area contributed by atoms with Crippen molar-refractivity contribution >= 4 is 34.4 Å². The van der Waals surface area contributed by atoms with E-state index in [1.165, 1.54) is 18.1 Å². The quantitative estimate of drug-likeness (QED) is 0.838. The Balaban J connectivity index is 1.89. The predicted molar refractivity (Wildman–Crippen MR) is 84.7 cm³/mol. The zero-order chi connectivity index (χ0) is 17.5. The average molecular weight is 357 g/mol. The second kappa shape index (κ2) is 6.05. The number of piperidine rings is 1. The molecule has 1 aliphatic rings. The molecule has 0 saturated carbocycles. The first-order valence-corrected chi connectivity index (χ1v) is 7.76. The van der Waals surface area contributed by atoms with Gasteiger partial charge in [0.05, 0.1) is 23.2 Å². The van der Waals surface area contributed by atoms with Crippen molar-refractivity contribution in [2.75, 3.05) is 20.2 Å². The maximum atomic E-state index is 13.2. The standard InChI is InChI=1S/C16H15ClF2N2O3/c1-24-15(23)10-6-9-8-12(20-13(9)11(17)7-10)14(22)21-4-2-16(18,19)3-5-21/h6-8,20H,2-5H2,1H3. The van der Waals surface area contributed by atoms with Crippen LogP contribution in [0.3, 0.4) is 0 Å². The minimum absolute atomic E-state index is 0.00232. The fourth-order valence-electron chi connectivity index (χ4n) is 2.76. The van der Waals surface area contributed by atoms with Gasteiger partial charge in [0, 0.05) is 31.3 Å². The summed E-state index contributed by atoms with van der Waals surface area (Å²) in [5.74, 6) is -3.61. The lowest BCUT2D eigenvalue weighted by atomic mass is 10.1. The molecule has 24 heavy (non-hydrogen) atoms. The number of nitrogens with zero attached hydrogens (tertiary/aromatic N) is 1. The highest BCUT2D eigenvalue weighted by Crippen LogP contribution is 2.30. The Kier molecular flexibility index (Phi) is 4.21. The zero-order valence-corrected chi connectivity index (χ0v) is 13.6. The molecule has 0 atom stereocenters. The van der Waals surface area contributed by atoms with Crippen molar-refractivity contribution < 1.29 is 23.1 Å². The number of methoxy groups -OCH3 is 1. The van der Waals surface area contributed by atoms with Crippen LogP contribution in [0.1, 0.15) is 33.7 Å². The second-order valence-corrected chi connectivity index (χ2v) is 6.15. The number of halogens is 3. The van der Waals surface area contributed by atoms with E-state index in [1.54, 1.807) is 12.1 Å². The summed E-state index contributed by atoms with van der Waals surface area (Å²) < 4.78 is 31.1. The van der Waals surface area contributed by atoms with E-state index in [0.29, 0.717) is 10.9 Å². The summed E-state index contributed by atoms with van der Waals surface area (Å²) in [6, 6.07) is 4.56. The number of H-pyrrole nitrogens is 1. The Morgan fingerprint density at radius 1 is 1.25 bits per heavy atom. The van der Waals surface area contributed by atoms with Crippen LogP contribution in [0.4, 0.5) is 8.78 Å². The van der Waals surface area contributed by atoms with Crippen LogP contribution in [0.5, 0.6) is 0 Å². The average Bonchev–Trinajstić information content (AvgIpc) is 2.98. The van der Waals surface area contributed by atoms with Gasteiger partial charge < -0.3 is 14.6 Å². The Labute approximate surface area is 141 Å². The monoisotopic (exact) mass is 356 g/mol. The smallest absolute Gasteiger partial charge is 0.337 e. The van der Waals surface area contributed by atoms with E-state index >= 15 is 0 Å². The van der Waals surface area contributed by atoms with Crippen molar-refractivity contribution in [2.45, 2.75) is 18.8 Å². The van der Waals surface area contributed by atoms with E-state index in [2.05, 4.69) is 9.72 Å². The molecule has 0 bridgehead atoms. The number of hydrogen-bond acceptors (Lipinski definition) is 3. The van der Waals surface area contributed by atoms with Gasteiger partial charge in [0.25, 0.3) is 11.8 Å². The van der Waals surface area contributed by atoms with Crippen molar-refractivity contribution in [1.82, 2.24) is 9.88 Å². The lowest BCUT2D eigenvalue weighted by Crippen LogP contribution is -2.42. The fourth-order valence-corrected chi connectivity index (χ4v) is 3.03. The van der Waals surface area contributed by atoms with Crippen LogP contribution in [0, 0.1) is 0 Å². The molecule has 1 fully saturated rings. The number of likely N-dealkylation sites (tertiary alicyclic amines) is 1. The summed E-state index contributed by atoms with van der Waals surface area (Å²) in [5, 5.41) is 0.853. The highest BCUT2D eigenvalue weighted by molar-refractivity contribution is 6.35. The van der Waals surface area contributed by atoms with Gasteiger partial charge in [-0.3, -0.25) is 4.79 Å². The molecular weight excluding hydrogens is 342 g/mol. The topological polar surface area (TPSA) is 62.4 Å². The molecule has 1 N–H and O–H groups in total. The summed E-state index contributed by atoms with van der Waals surface area (Å²) in [6.45, 7) is 0.00465. The van der Waals surface area contributed by atoms with E-state index in [1.807, 2.05) is 0 Å². The molecule has 1 aromatic carbocycles. The van der Waals surface area contributed by atoms with Crippen LogP contribution >= 0.6 is 11.6 Å². The predicted octanol–water partition coefficient (Wildman–Crippen LogP) is 3.48. The van der Waals surface area contributed by atoms with E-state index < -0.39 is 11.9 Å². The molecule has 5 nitrogen and oxygen atoms in total. The first-order chi connectivity index (χ1) is 11.3. The number of carbonyl (C=O) groups is 2. The van der Waals surface area contributed by atoms with Gasteiger partial charge in [-0.2, -0.15) is 0 Å². The molecule has 2 aromatic rings. The van der Waals surface area contributed by atoms with Crippen molar-refractivity contribution in [2.24, 2.45) is 0 Å². The van der Waals surface area contributed by atoms with Crippen LogP contribution in [-0.2, 0) is 4.74 Å². The van der Waals surface area contributed by atoms with Gasteiger partial charge in [0.1, 0.15) is 5.69 Å². The number of alkyl halides is 2. The molecule has 1 aliphatic heterocycles. The van der Waals surface area contributed by atoms with Crippen LogP contribution in [-0.4, -0.2) is 47.9 Å². The van der Waals surface area contributed by atoms with Gasteiger partial charge in [0.15, 0.2) is 0 Å². The van der Waals surface area contributed by atoms with Crippen molar-refractivity contribution in [3.63, 3.8) is 0 Å². The molecule has 2 heterocycles. The molecule has 1 amide bonds. The maximum absolute atomic E-state index is 13.2. The van der Waals surface area contributed by atoms with E-state index in [-0.39, 0.29) is 48.1 Å². The number of aromatic nitrogens is 1. The normalized spacial score (nSPS) is 17.1. The number of hydrogen-bond donors (Lipinski definition) is 1.